The minimum atomic E-state index is 0.300. The van der Waals surface area contributed by atoms with Gasteiger partial charge < -0.3 is 10.1 Å². The van der Waals surface area contributed by atoms with Gasteiger partial charge in [-0.2, -0.15) is 11.8 Å². The average molecular weight is 298 g/mol. The van der Waals surface area contributed by atoms with Gasteiger partial charge in [0, 0.05) is 17.9 Å². The Morgan fingerprint density at radius 2 is 2.15 bits per heavy atom. The smallest absolute Gasteiger partial charge is 0.0685 e. The molecule has 3 fully saturated rings. The molecule has 1 saturated carbocycles. The van der Waals surface area contributed by atoms with Gasteiger partial charge in [0.25, 0.3) is 0 Å². The molecule has 3 unspecified atom stereocenters. The molecule has 0 aromatic carbocycles. The van der Waals surface area contributed by atoms with Gasteiger partial charge >= 0.3 is 0 Å². The topological polar surface area (TPSA) is 21.3 Å². The van der Waals surface area contributed by atoms with Gasteiger partial charge in [0.15, 0.2) is 0 Å². The third-order valence-corrected chi connectivity index (χ3v) is 7.03. The monoisotopic (exact) mass is 297 g/mol. The van der Waals surface area contributed by atoms with E-state index in [1.807, 2.05) is 0 Å². The summed E-state index contributed by atoms with van der Waals surface area (Å²) in [7, 11) is 0. The Morgan fingerprint density at radius 1 is 1.25 bits per heavy atom. The Morgan fingerprint density at radius 3 is 2.80 bits per heavy atom. The first kappa shape index (κ1) is 15.2. The van der Waals surface area contributed by atoms with Crippen molar-refractivity contribution < 1.29 is 4.74 Å². The quantitative estimate of drug-likeness (QED) is 0.829. The molecule has 1 spiro atoms. The first-order valence-corrected chi connectivity index (χ1v) is 9.87. The summed E-state index contributed by atoms with van der Waals surface area (Å²) in [6.07, 6.45) is 12.2. The number of hydrogen-bond acceptors (Lipinski definition) is 3. The summed E-state index contributed by atoms with van der Waals surface area (Å²) in [5.41, 5.74) is 0.300. The molecule has 3 heteroatoms. The van der Waals surface area contributed by atoms with Crippen molar-refractivity contribution in [2.45, 2.75) is 81.6 Å². The molecule has 2 aliphatic heterocycles. The highest BCUT2D eigenvalue weighted by Crippen LogP contribution is 2.46. The highest BCUT2D eigenvalue weighted by Gasteiger charge is 2.45. The van der Waals surface area contributed by atoms with E-state index in [-0.39, 0.29) is 0 Å². The largest absolute Gasteiger partial charge is 0.375 e. The van der Waals surface area contributed by atoms with Crippen LogP contribution in [0.3, 0.4) is 0 Å². The van der Waals surface area contributed by atoms with Gasteiger partial charge in [-0.15, -0.1) is 0 Å². The summed E-state index contributed by atoms with van der Waals surface area (Å²) < 4.78 is 6.14. The zero-order chi connectivity index (χ0) is 13.8. The number of ether oxygens (including phenoxy) is 1. The van der Waals surface area contributed by atoms with Crippen molar-refractivity contribution in [3.05, 3.63) is 0 Å². The van der Waals surface area contributed by atoms with Crippen molar-refractivity contribution in [1.82, 2.24) is 5.32 Å². The van der Waals surface area contributed by atoms with E-state index in [0.717, 1.165) is 23.8 Å². The van der Waals surface area contributed by atoms with Gasteiger partial charge in [-0.1, -0.05) is 13.3 Å². The Bertz CT molecular complexity index is 299. The normalized spacial score (nSPS) is 34.6. The van der Waals surface area contributed by atoms with Crippen molar-refractivity contribution in [3.63, 3.8) is 0 Å². The first-order valence-electron chi connectivity index (χ1n) is 8.82. The molecule has 116 valence electrons. The molecular weight excluding hydrogens is 266 g/mol. The maximum absolute atomic E-state index is 6.14. The molecule has 1 aliphatic carbocycles. The van der Waals surface area contributed by atoms with Crippen LogP contribution in [0.15, 0.2) is 0 Å². The van der Waals surface area contributed by atoms with Crippen molar-refractivity contribution in [2.75, 3.05) is 18.9 Å². The molecule has 3 atom stereocenters. The molecule has 1 N–H and O–H groups in total. The van der Waals surface area contributed by atoms with Crippen LogP contribution in [-0.4, -0.2) is 35.8 Å². The second-order valence-corrected chi connectivity index (χ2v) is 8.37. The molecule has 20 heavy (non-hydrogen) atoms. The Kier molecular flexibility index (Phi) is 5.33. The lowest BCUT2D eigenvalue weighted by Gasteiger charge is -2.50. The number of nitrogens with one attached hydrogen (secondary N) is 1. The van der Waals surface area contributed by atoms with E-state index >= 15 is 0 Å². The van der Waals surface area contributed by atoms with Crippen LogP contribution in [0.25, 0.3) is 0 Å². The fourth-order valence-electron chi connectivity index (χ4n) is 4.25. The van der Waals surface area contributed by atoms with Gasteiger partial charge in [0.05, 0.1) is 5.60 Å². The van der Waals surface area contributed by atoms with Crippen LogP contribution < -0.4 is 5.32 Å². The molecule has 0 amide bonds. The van der Waals surface area contributed by atoms with E-state index in [0.29, 0.717) is 5.60 Å². The minimum absolute atomic E-state index is 0.300. The summed E-state index contributed by atoms with van der Waals surface area (Å²) in [4.78, 5) is 0. The fraction of sp³-hybridized carbons (Fsp3) is 1.00. The van der Waals surface area contributed by atoms with Crippen LogP contribution in [-0.2, 0) is 4.74 Å². The minimum Gasteiger partial charge on any atom is -0.375 e. The highest BCUT2D eigenvalue weighted by molar-refractivity contribution is 8.00. The van der Waals surface area contributed by atoms with Crippen LogP contribution in [0.1, 0.15) is 64.7 Å². The highest BCUT2D eigenvalue weighted by atomic mass is 32.2. The van der Waals surface area contributed by atoms with Gasteiger partial charge in [-0.3, -0.25) is 0 Å². The van der Waals surface area contributed by atoms with E-state index in [4.69, 9.17) is 4.74 Å². The van der Waals surface area contributed by atoms with E-state index < -0.39 is 0 Å². The summed E-state index contributed by atoms with van der Waals surface area (Å²) in [6.45, 7) is 4.48. The summed E-state index contributed by atoms with van der Waals surface area (Å²) >= 11 is 2.24. The lowest BCUT2D eigenvalue weighted by molar-refractivity contribution is -0.147. The molecule has 2 nitrogen and oxygen atoms in total. The molecule has 0 bridgehead atoms. The number of thioether (sulfide) groups is 1. The first-order chi connectivity index (χ1) is 9.83. The van der Waals surface area contributed by atoms with Gasteiger partial charge in [-0.05, 0) is 69.6 Å². The zero-order valence-corrected chi connectivity index (χ0v) is 13.9. The van der Waals surface area contributed by atoms with Crippen molar-refractivity contribution in [1.29, 1.82) is 0 Å². The van der Waals surface area contributed by atoms with Crippen LogP contribution in [0, 0.1) is 5.92 Å². The fourth-order valence-corrected chi connectivity index (χ4v) is 5.79. The van der Waals surface area contributed by atoms with Crippen LogP contribution in [0.2, 0.25) is 0 Å². The molecule has 2 saturated heterocycles. The number of rotatable bonds is 5. The Labute approximate surface area is 128 Å². The lowest BCUT2D eigenvalue weighted by atomic mass is 9.70. The summed E-state index contributed by atoms with van der Waals surface area (Å²) in [5.74, 6) is 2.23. The summed E-state index contributed by atoms with van der Waals surface area (Å²) in [5, 5.41) is 4.78. The third-order valence-electron chi connectivity index (χ3n) is 5.55. The predicted molar refractivity (Wildman–Crippen MR) is 87.4 cm³/mol. The Hall–Kier alpha value is 0.270. The van der Waals surface area contributed by atoms with Crippen molar-refractivity contribution in [3.8, 4) is 0 Å². The standard InChI is InChI=1S/C17H31NOS/c1-2-10-18-16(15-6-3-4-12-20-15)14-7-11-19-17(13-14)8-5-9-17/h14-16,18H,2-13H2,1H3. The lowest BCUT2D eigenvalue weighted by Crippen LogP contribution is -2.53. The van der Waals surface area contributed by atoms with E-state index in [1.165, 1.54) is 70.1 Å². The van der Waals surface area contributed by atoms with E-state index in [9.17, 15) is 0 Å². The van der Waals surface area contributed by atoms with Crippen LogP contribution in [0.5, 0.6) is 0 Å². The van der Waals surface area contributed by atoms with E-state index in [2.05, 4.69) is 24.0 Å². The van der Waals surface area contributed by atoms with Crippen molar-refractivity contribution >= 4 is 11.8 Å². The van der Waals surface area contributed by atoms with Gasteiger partial charge in [-0.25, -0.2) is 0 Å². The number of hydrogen-bond donors (Lipinski definition) is 1. The molecule has 3 rings (SSSR count). The van der Waals surface area contributed by atoms with Crippen LogP contribution >= 0.6 is 11.8 Å². The second kappa shape index (κ2) is 7.02. The average Bonchev–Trinajstić information content (AvgIpc) is 2.47. The molecular formula is C17H31NOS. The van der Waals surface area contributed by atoms with Crippen LogP contribution in [0.4, 0.5) is 0 Å². The van der Waals surface area contributed by atoms with Crippen molar-refractivity contribution in [2.24, 2.45) is 5.92 Å². The molecule has 2 heterocycles. The summed E-state index contributed by atoms with van der Waals surface area (Å²) in [6, 6.07) is 0.738. The molecule has 0 aromatic heterocycles. The maximum atomic E-state index is 6.14. The predicted octanol–water partition coefficient (Wildman–Crippen LogP) is 3.99. The molecule has 3 aliphatic rings. The Balaban J connectivity index is 1.63. The SMILES string of the molecule is CCCNC(C1CCOC2(CCC2)C1)C1CCCCS1. The van der Waals surface area contributed by atoms with E-state index in [1.54, 1.807) is 0 Å². The van der Waals surface area contributed by atoms with Gasteiger partial charge in [0.2, 0.25) is 0 Å². The zero-order valence-electron chi connectivity index (χ0n) is 13.0. The second-order valence-electron chi connectivity index (χ2n) is 7.02. The molecule has 0 aromatic rings. The molecule has 0 radical (unpaired) electrons. The maximum Gasteiger partial charge on any atom is 0.0685 e. The third kappa shape index (κ3) is 3.36. The van der Waals surface area contributed by atoms with Gasteiger partial charge in [0.1, 0.15) is 0 Å².